The van der Waals surface area contributed by atoms with E-state index in [2.05, 4.69) is 20.1 Å². The molecule has 0 fully saturated rings. The molecule has 0 aliphatic rings. The highest BCUT2D eigenvalue weighted by molar-refractivity contribution is 6.31. The number of aliphatic hydroxyl groups excluding tert-OH is 1. The third-order valence-electron chi connectivity index (χ3n) is 4.62. The van der Waals surface area contributed by atoms with Gasteiger partial charge in [0.25, 0.3) is 0 Å². The first-order valence-corrected chi connectivity index (χ1v) is 9.75. The van der Waals surface area contributed by atoms with Crippen LogP contribution in [0.4, 0.5) is 39.5 Å². The number of nitrogens with zero attached hydrogens (tertiary/aromatic N) is 3. The lowest BCUT2D eigenvalue weighted by Crippen LogP contribution is -2.60. The highest BCUT2D eigenvalue weighted by atomic mass is 35.5. The summed E-state index contributed by atoms with van der Waals surface area (Å²) in [6.07, 6.45) is -13.4. The Kier molecular flexibility index (Phi) is 8.58. The molecule has 200 valence electrons. The van der Waals surface area contributed by atoms with Crippen LogP contribution in [0.25, 0.3) is 16.9 Å². The zero-order chi connectivity index (χ0) is 27.6. The molecule has 0 aliphatic carbocycles. The van der Waals surface area contributed by atoms with Gasteiger partial charge in [-0.3, -0.25) is 4.99 Å². The van der Waals surface area contributed by atoms with Gasteiger partial charge in [-0.15, -0.1) is 0 Å². The quantitative estimate of drug-likeness (QED) is 0.191. The molecule has 0 radical (unpaired) electrons. The summed E-state index contributed by atoms with van der Waals surface area (Å²) in [5.74, 6) is -2.99. The number of aromatic nitrogens is 2. The van der Waals surface area contributed by atoms with Crippen LogP contribution in [-0.4, -0.2) is 64.4 Å². The minimum absolute atomic E-state index is 0.0491. The van der Waals surface area contributed by atoms with E-state index in [4.69, 9.17) is 11.6 Å². The maximum atomic E-state index is 14.8. The number of alkyl halides is 9. The first kappa shape index (κ1) is 29.3. The fourth-order valence-electron chi connectivity index (χ4n) is 3.00. The molecule has 17 heteroatoms. The summed E-state index contributed by atoms with van der Waals surface area (Å²) in [6, 6.07) is 3.76. The Bertz CT molecular complexity index is 1130. The van der Waals surface area contributed by atoms with Crippen molar-refractivity contribution < 1.29 is 54.5 Å². The second-order valence-corrected chi connectivity index (χ2v) is 7.22. The molecular formula is C19H16ClF9N4O3. The molecule has 1 aromatic carbocycles. The van der Waals surface area contributed by atoms with Crippen molar-refractivity contribution in [2.45, 2.75) is 30.9 Å². The standard InChI is InChI=1S/C19H16ClF9N4O3/c1-30-13(17(23,18(24,25)26)19(27,28)29)12(36-16(21)22)14(31-2)33-7-9(6-32-33)8-3-4-11(20)10(5-8)15(34)35/h3-7,15-16,31,34-35H,1-2H3/b14-12-,30-13+. The molecule has 3 N–H and O–H groups in total. The van der Waals surface area contributed by atoms with E-state index in [-0.39, 0.29) is 21.7 Å². The number of allylic oxidation sites excluding steroid dienone is 1. The van der Waals surface area contributed by atoms with Gasteiger partial charge < -0.3 is 20.3 Å². The van der Waals surface area contributed by atoms with E-state index >= 15 is 0 Å². The molecule has 0 atom stereocenters. The highest BCUT2D eigenvalue weighted by Gasteiger charge is 2.76. The molecular weight excluding hydrogens is 539 g/mol. The Hall–Kier alpha value is -2.98. The molecule has 1 heterocycles. The molecule has 2 aromatic rings. The van der Waals surface area contributed by atoms with E-state index in [1.807, 2.05) is 0 Å². The van der Waals surface area contributed by atoms with Gasteiger partial charge >= 0.3 is 24.6 Å². The summed E-state index contributed by atoms with van der Waals surface area (Å²) in [6.45, 7) is -3.99. The van der Waals surface area contributed by atoms with Crippen LogP contribution in [0, 0.1) is 0 Å². The number of aliphatic imine (C=N–C) groups is 1. The summed E-state index contributed by atoms with van der Waals surface area (Å²) in [5.41, 5.74) is -8.66. The van der Waals surface area contributed by atoms with Crippen molar-refractivity contribution in [1.82, 2.24) is 15.1 Å². The van der Waals surface area contributed by atoms with Crippen molar-refractivity contribution >= 4 is 23.1 Å². The molecule has 0 aliphatic heterocycles. The van der Waals surface area contributed by atoms with Gasteiger partial charge in [0.15, 0.2) is 17.9 Å². The van der Waals surface area contributed by atoms with Crippen molar-refractivity contribution in [3.8, 4) is 11.1 Å². The molecule has 0 saturated carbocycles. The Morgan fingerprint density at radius 3 is 2.11 bits per heavy atom. The van der Waals surface area contributed by atoms with Crippen molar-refractivity contribution in [2.24, 2.45) is 4.99 Å². The molecule has 7 nitrogen and oxygen atoms in total. The molecule has 0 unspecified atom stereocenters. The van der Waals surface area contributed by atoms with Crippen LogP contribution in [0.3, 0.4) is 0 Å². The number of halogens is 10. The maximum Gasteiger partial charge on any atom is 0.437 e. The zero-order valence-electron chi connectivity index (χ0n) is 18.0. The summed E-state index contributed by atoms with van der Waals surface area (Å²) < 4.78 is 125. The van der Waals surface area contributed by atoms with Crippen molar-refractivity contribution in [3.63, 3.8) is 0 Å². The van der Waals surface area contributed by atoms with Crippen molar-refractivity contribution in [3.05, 3.63) is 46.9 Å². The lowest BCUT2D eigenvalue weighted by atomic mass is 9.95. The predicted molar refractivity (Wildman–Crippen MR) is 109 cm³/mol. The van der Waals surface area contributed by atoms with Gasteiger partial charge in [-0.25, -0.2) is 9.07 Å². The smallest absolute Gasteiger partial charge is 0.429 e. The van der Waals surface area contributed by atoms with Gasteiger partial charge in [-0.05, 0) is 17.7 Å². The highest BCUT2D eigenvalue weighted by Crippen LogP contribution is 2.49. The number of hydrogen-bond donors (Lipinski definition) is 3. The molecule has 0 spiro atoms. The lowest BCUT2D eigenvalue weighted by molar-refractivity contribution is -0.313. The third-order valence-corrected chi connectivity index (χ3v) is 4.97. The van der Waals surface area contributed by atoms with Crippen LogP contribution in [0.15, 0.2) is 41.3 Å². The van der Waals surface area contributed by atoms with Gasteiger partial charge in [-0.2, -0.15) is 40.2 Å². The molecule has 0 bridgehead atoms. The van der Waals surface area contributed by atoms with E-state index in [0.717, 1.165) is 19.4 Å². The van der Waals surface area contributed by atoms with Crippen LogP contribution in [0.5, 0.6) is 0 Å². The first-order chi connectivity index (χ1) is 16.5. The van der Waals surface area contributed by atoms with Gasteiger partial charge in [0, 0.05) is 36.4 Å². The van der Waals surface area contributed by atoms with Gasteiger partial charge in [0.2, 0.25) is 0 Å². The fraction of sp³-hybridized carbons (Fsp3) is 0.368. The van der Waals surface area contributed by atoms with Gasteiger partial charge in [0.1, 0.15) is 5.71 Å². The van der Waals surface area contributed by atoms with Crippen molar-refractivity contribution in [1.29, 1.82) is 0 Å². The number of ether oxygens (including phenoxy) is 1. The molecule has 2 rings (SSSR count). The van der Waals surface area contributed by atoms with Crippen LogP contribution in [0.1, 0.15) is 11.9 Å². The van der Waals surface area contributed by atoms with Crippen LogP contribution in [0.2, 0.25) is 5.02 Å². The van der Waals surface area contributed by atoms with E-state index in [1.165, 1.54) is 18.2 Å². The summed E-state index contributed by atoms with van der Waals surface area (Å²) in [5, 5.41) is 24.4. The first-order valence-electron chi connectivity index (χ1n) is 9.37. The number of aliphatic hydroxyl groups is 2. The second kappa shape index (κ2) is 10.6. The Morgan fingerprint density at radius 2 is 1.67 bits per heavy atom. The number of rotatable bonds is 8. The Morgan fingerprint density at radius 1 is 1.08 bits per heavy atom. The largest absolute Gasteiger partial charge is 0.437 e. The fourth-order valence-corrected chi connectivity index (χ4v) is 3.22. The molecule has 0 saturated heterocycles. The van der Waals surface area contributed by atoms with Gasteiger partial charge in [-0.1, -0.05) is 17.7 Å². The maximum absolute atomic E-state index is 14.8. The number of benzene rings is 1. The predicted octanol–water partition coefficient (Wildman–Crippen LogP) is 4.68. The minimum Gasteiger partial charge on any atom is -0.429 e. The third kappa shape index (κ3) is 5.54. The minimum atomic E-state index is -6.67. The number of nitrogens with one attached hydrogen (secondary N) is 1. The van der Waals surface area contributed by atoms with Crippen LogP contribution >= 0.6 is 11.6 Å². The average Bonchev–Trinajstić information content (AvgIpc) is 3.22. The monoisotopic (exact) mass is 554 g/mol. The Balaban J connectivity index is 2.78. The topological polar surface area (TPSA) is 91.9 Å². The van der Waals surface area contributed by atoms with Crippen LogP contribution < -0.4 is 5.32 Å². The van der Waals surface area contributed by atoms with E-state index in [0.29, 0.717) is 11.7 Å². The van der Waals surface area contributed by atoms with E-state index in [9.17, 15) is 49.7 Å². The Labute approximate surface area is 201 Å². The second-order valence-electron chi connectivity index (χ2n) is 6.82. The molecule has 36 heavy (non-hydrogen) atoms. The lowest BCUT2D eigenvalue weighted by Gasteiger charge is -2.32. The summed E-state index contributed by atoms with van der Waals surface area (Å²) in [7, 11) is 1.23. The number of hydrogen-bond acceptors (Lipinski definition) is 6. The SMILES string of the molecule is C/N=C(\C(OC(F)F)=C(/NC)n1cc(-c2ccc(Cl)c(C(O)O)c2)cn1)C(F)(C(F)(F)F)C(F)(F)F. The molecule has 0 amide bonds. The summed E-state index contributed by atoms with van der Waals surface area (Å²) in [4.78, 5) is 2.68. The van der Waals surface area contributed by atoms with Gasteiger partial charge in [0.05, 0.1) is 6.20 Å². The van der Waals surface area contributed by atoms with Crippen LogP contribution in [-0.2, 0) is 4.74 Å². The molecule has 1 aromatic heterocycles. The van der Waals surface area contributed by atoms with E-state index < -0.39 is 48.2 Å². The van der Waals surface area contributed by atoms with E-state index in [1.54, 1.807) is 0 Å². The average molecular weight is 555 g/mol. The normalized spacial score (nSPS) is 14.4. The summed E-state index contributed by atoms with van der Waals surface area (Å²) >= 11 is 5.84. The van der Waals surface area contributed by atoms with Crippen molar-refractivity contribution in [2.75, 3.05) is 14.1 Å². The zero-order valence-corrected chi connectivity index (χ0v) is 18.7.